The molecule has 0 aliphatic carbocycles. The number of aliphatic imine (C=N–C) groups is 1. The fraction of sp³-hybridized carbons (Fsp3) is 0.357. The minimum atomic E-state index is -0.376. The number of methoxy groups -OCH3 is 1. The van der Waals surface area contributed by atoms with Crippen molar-refractivity contribution in [3.63, 3.8) is 0 Å². The molecule has 1 rings (SSSR count). The predicted octanol–water partition coefficient (Wildman–Crippen LogP) is 2.08. The summed E-state index contributed by atoms with van der Waals surface area (Å²) in [6, 6.07) is 4.83. The summed E-state index contributed by atoms with van der Waals surface area (Å²) in [7, 11) is 1.44. The average Bonchev–Trinajstić information content (AvgIpc) is 2.42. The highest BCUT2D eigenvalue weighted by Crippen LogP contribution is 2.17. The third-order valence-corrected chi connectivity index (χ3v) is 2.39. The van der Waals surface area contributed by atoms with E-state index >= 15 is 0 Å². The van der Waals surface area contributed by atoms with E-state index in [1.807, 2.05) is 6.92 Å². The van der Waals surface area contributed by atoms with Gasteiger partial charge in [0.25, 0.3) is 0 Å². The second kappa shape index (κ2) is 8.13. The Kier molecular flexibility index (Phi) is 6.43. The Morgan fingerprint density at radius 2 is 2.26 bits per heavy atom. The van der Waals surface area contributed by atoms with Crippen LogP contribution in [0.5, 0.6) is 5.75 Å². The van der Waals surface area contributed by atoms with Crippen molar-refractivity contribution in [1.82, 2.24) is 10.6 Å². The van der Waals surface area contributed by atoms with E-state index in [1.54, 1.807) is 18.2 Å². The van der Waals surface area contributed by atoms with Crippen LogP contribution in [0.15, 0.2) is 35.8 Å². The number of nitrogens with zero attached hydrogens (tertiary/aromatic N) is 1. The fourth-order valence-electron chi connectivity index (χ4n) is 1.49. The van der Waals surface area contributed by atoms with Crippen LogP contribution in [0.25, 0.3) is 0 Å². The van der Waals surface area contributed by atoms with Gasteiger partial charge in [-0.05, 0) is 24.6 Å². The highest BCUT2D eigenvalue weighted by molar-refractivity contribution is 5.79. The molecule has 104 valence electrons. The predicted molar refractivity (Wildman–Crippen MR) is 76.0 cm³/mol. The Bertz CT molecular complexity index is 446. The first-order chi connectivity index (χ1) is 9.21. The van der Waals surface area contributed by atoms with Crippen molar-refractivity contribution in [3.8, 4) is 5.75 Å². The molecule has 1 aromatic rings. The highest BCUT2D eigenvalue weighted by atomic mass is 19.1. The molecular weight excluding hydrogens is 245 g/mol. The first kappa shape index (κ1) is 15.0. The van der Waals surface area contributed by atoms with E-state index in [0.717, 1.165) is 12.1 Å². The molecule has 0 aromatic heterocycles. The maximum absolute atomic E-state index is 13.5. The van der Waals surface area contributed by atoms with Crippen LogP contribution in [0.1, 0.15) is 12.5 Å². The lowest BCUT2D eigenvalue weighted by atomic mass is 10.2. The maximum atomic E-state index is 13.5. The van der Waals surface area contributed by atoms with Crippen LogP contribution in [0.4, 0.5) is 4.39 Å². The summed E-state index contributed by atoms with van der Waals surface area (Å²) in [4.78, 5) is 4.36. The van der Waals surface area contributed by atoms with Crippen LogP contribution >= 0.6 is 0 Å². The minimum Gasteiger partial charge on any atom is -0.494 e. The SMILES string of the molecule is C=CCNC(=NCc1ccc(OC)c(F)c1)NCC. The molecule has 1 aromatic carbocycles. The summed E-state index contributed by atoms with van der Waals surface area (Å²) in [6.07, 6.45) is 1.75. The van der Waals surface area contributed by atoms with Gasteiger partial charge in [0.15, 0.2) is 17.5 Å². The van der Waals surface area contributed by atoms with Gasteiger partial charge in [-0.1, -0.05) is 12.1 Å². The molecule has 0 saturated heterocycles. The first-order valence-electron chi connectivity index (χ1n) is 6.16. The Balaban J connectivity index is 2.70. The Morgan fingerprint density at radius 3 is 2.84 bits per heavy atom. The number of halogens is 1. The number of ether oxygens (including phenoxy) is 1. The van der Waals surface area contributed by atoms with Crippen molar-refractivity contribution >= 4 is 5.96 Å². The van der Waals surface area contributed by atoms with Gasteiger partial charge in [0, 0.05) is 13.1 Å². The smallest absolute Gasteiger partial charge is 0.191 e. The molecule has 5 heteroatoms. The summed E-state index contributed by atoms with van der Waals surface area (Å²) >= 11 is 0. The largest absolute Gasteiger partial charge is 0.494 e. The summed E-state index contributed by atoms with van der Waals surface area (Å²) in [6.45, 7) is 7.41. The van der Waals surface area contributed by atoms with Gasteiger partial charge in [-0.15, -0.1) is 6.58 Å². The van der Waals surface area contributed by atoms with Gasteiger partial charge in [0.1, 0.15) is 0 Å². The second-order valence-corrected chi connectivity index (χ2v) is 3.83. The number of guanidine groups is 1. The van der Waals surface area contributed by atoms with Crippen LogP contribution in [-0.4, -0.2) is 26.2 Å². The molecule has 0 saturated carbocycles. The van der Waals surface area contributed by atoms with Crippen molar-refractivity contribution in [2.45, 2.75) is 13.5 Å². The molecule has 0 amide bonds. The van der Waals surface area contributed by atoms with Crippen LogP contribution in [0.3, 0.4) is 0 Å². The van der Waals surface area contributed by atoms with E-state index in [2.05, 4.69) is 22.2 Å². The topological polar surface area (TPSA) is 45.7 Å². The number of hydrogen-bond donors (Lipinski definition) is 2. The van der Waals surface area contributed by atoms with Crippen LogP contribution in [0.2, 0.25) is 0 Å². The quantitative estimate of drug-likeness (QED) is 0.470. The number of benzene rings is 1. The van der Waals surface area contributed by atoms with Gasteiger partial charge in [0.05, 0.1) is 13.7 Å². The van der Waals surface area contributed by atoms with Gasteiger partial charge in [-0.3, -0.25) is 0 Å². The highest BCUT2D eigenvalue weighted by Gasteiger charge is 2.03. The molecule has 0 aliphatic rings. The van der Waals surface area contributed by atoms with Gasteiger partial charge in [0.2, 0.25) is 0 Å². The maximum Gasteiger partial charge on any atom is 0.191 e. The van der Waals surface area contributed by atoms with E-state index in [4.69, 9.17) is 4.74 Å². The van der Waals surface area contributed by atoms with Crippen molar-refractivity contribution in [3.05, 3.63) is 42.2 Å². The monoisotopic (exact) mass is 265 g/mol. The lowest BCUT2D eigenvalue weighted by Gasteiger charge is -2.09. The molecule has 2 N–H and O–H groups in total. The van der Waals surface area contributed by atoms with E-state index in [-0.39, 0.29) is 11.6 Å². The Labute approximate surface area is 113 Å². The van der Waals surface area contributed by atoms with Crippen molar-refractivity contribution < 1.29 is 9.13 Å². The number of rotatable bonds is 6. The second-order valence-electron chi connectivity index (χ2n) is 3.83. The van der Waals surface area contributed by atoms with Crippen molar-refractivity contribution in [2.24, 2.45) is 4.99 Å². The molecule has 0 aliphatic heterocycles. The van der Waals surface area contributed by atoms with Gasteiger partial charge in [-0.2, -0.15) is 0 Å². The number of nitrogens with one attached hydrogen (secondary N) is 2. The average molecular weight is 265 g/mol. The molecule has 0 fully saturated rings. The zero-order chi connectivity index (χ0) is 14.1. The third kappa shape index (κ3) is 4.99. The molecule has 0 bridgehead atoms. The zero-order valence-corrected chi connectivity index (χ0v) is 11.4. The minimum absolute atomic E-state index is 0.240. The zero-order valence-electron chi connectivity index (χ0n) is 11.4. The summed E-state index contributed by atoms with van der Waals surface area (Å²) in [5.41, 5.74) is 0.786. The molecule has 0 radical (unpaired) electrons. The first-order valence-corrected chi connectivity index (χ1v) is 6.16. The van der Waals surface area contributed by atoms with Crippen molar-refractivity contribution in [1.29, 1.82) is 0 Å². The number of hydrogen-bond acceptors (Lipinski definition) is 2. The normalized spacial score (nSPS) is 11.0. The summed E-state index contributed by atoms with van der Waals surface area (Å²) < 4.78 is 18.4. The molecule has 0 atom stereocenters. The molecule has 4 nitrogen and oxygen atoms in total. The van der Waals surface area contributed by atoms with Crippen LogP contribution in [0, 0.1) is 5.82 Å². The molecular formula is C14H20FN3O. The molecule has 0 heterocycles. The lowest BCUT2D eigenvalue weighted by Crippen LogP contribution is -2.37. The van der Waals surface area contributed by atoms with E-state index in [0.29, 0.717) is 19.0 Å². The summed E-state index contributed by atoms with van der Waals surface area (Å²) in [5.74, 6) is 0.544. The third-order valence-electron chi connectivity index (χ3n) is 2.39. The van der Waals surface area contributed by atoms with Crippen molar-refractivity contribution in [2.75, 3.05) is 20.2 Å². The van der Waals surface area contributed by atoms with Gasteiger partial charge in [-0.25, -0.2) is 9.38 Å². The van der Waals surface area contributed by atoms with E-state index in [1.165, 1.54) is 13.2 Å². The molecule has 0 spiro atoms. The van der Waals surface area contributed by atoms with Crippen LogP contribution < -0.4 is 15.4 Å². The van der Waals surface area contributed by atoms with E-state index in [9.17, 15) is 4.39 Å². The fourth-order valence-corrected chi connectivity index (χ4v) is 1.49. The summed E-state index contributed by atoms with van der Waals surface area (Å²) in [5, 5.41) is 6.18. The lowest BCUT2D eigenvalue weighted by molar-refractivity contribution is 0.386. The van der Waals surface area contributed by atoms with E-state index < -0.39 is 0 Å². The van der Waals surface area contributed by atoms with Crippen LogP contribution in [-0.2, 0) is 6.54 Å². The standard InChI is InChI=1S/C14H20FN3O/c1-4-8-17-14(16-5-2)18-10-11-6-7-13(19-3)12(15)9-11/h4,6-7,9H,1,5,8,10H2,2-3H3,(H2,16,17,18). The Hall–Kier alpha value is -2.04. The van der Waals surface area contributed by atoms with Gasteiger partial charge < -0.3 is 15.4 Å². The van der Waals surface area contributed by atoms with Gasteiger partial charge >= 0.3 is 0 Å². The molecule has 0 unspecified atom stereocenters. The molecule has 19 heavy (non-hydrogen) atoms. The Morgan fingerprint density at radius 1 is 1.47 bits per heavy atom.